The van der Waals surface area contributed by atoms with Gasteiger partial charge in [0.2, 0.25) is 0 Å². The number of nitrogens with one attached hydrogen (secondary N) is 1. The van der Waals surface area contributed by atoms with Crippen molar-refractivity contribution in [1.82, 2.24) is 25.0 Å². The van der Waals surface area contributed by atoms with E-state index >= 15 is 0 Å². The van der Waals surface area contributed by atoms with Gasteiger partial charge in [-0.3, -0.25) is 5.10 Å². The Hall–Kier alpha value is -1.84. The first-order valence-electron chi connectivity index (χ1n) is 10.9. The summed E-state index contributed by atoms with van der Waals surface area (Å²) in [6, 6.07) is 0.0851. The van der Waals surface area contributed by atoms with Crippen LogP contribution in [0.4, 0.5) is 18.0 Å². The third kappa shape index (κ3) is 3.56. The van der Waals surface area contributed by atoms with Crippen molar-refractivity contribution in [3.8, 4) is 0 Å². The number of hydrogen-bond acceptors (Lipinski definition) is 4. The van der Waals surface area contributed by atoms with Gasteiger partial charge in [0.15, 0.2) is 0 Å². The van der Waals surface area contributed by atoms with Crippen LogP contribution in [0.25, 0.3) is 0 Å². The van der Waals surface area contributed by atoms with Crippen LogP contribution in [-0.2, 0) is 4.74 Å². The van der Waals surface area contributed by atoms with Gasteiger partial charge in [0.1, 0.15) is 12.2 Å². The molecule has 0 unspecified atom stereocenters. The molecule has 4 aliphatic rings. The molecule has 30 heavy (non-hydrogen) atoms. The number of aromatic amines is 1. The van der Waals surface area contributed by atoms with Gasteiger partial charge in [-0.05, 0) is 44.9 Å². The van der Waals surface area contributed by atoms with Crippen LogP contribution in [0.3, 0.4) is 0 Å². The van der Waals surface area contributed by atoms with Crippen LogP contribution in [0.2, 0.25) is 0 Å². The molecule has 2 saturated heterocycles. The van der Waals surface area contributed by atoms with E-state index in [4.69, 9.17) is 4.74 Å². The number of carbonyl (C=O) groups is 1. The van der Waals surface area contributed by atoms with Crippen LogP contribution in [-0.4, -0.2) is 76.1 Å². The highest BCUT2D eigenvalue weighted by Crippen LogP contribution is 2.58. The molecule has 5 rings (SSSR count). The molecule has 7 nitrogen and oxygen atoms in total. The zero-order chi connectivity index (χ0) is 21.0. The molecule has 1 spiro atoms. The largest absolute Gasteiger partial charge is 0.396 e. The molecule has 0 radical (unpaired) electrons. The van der Waals surface area contributed by atoms with E-state index < -0.39 is 11.6 Å². The van der Waals surface area contributed by atoms with Crippen LogP contribution in [0, 0.1) is 10.8 Å². The lowest BCUT2D eigenvalue weighted by Crippen LogP contribution is -2.62. The van der Waals surface area contributed by atoms with Crippen LogP contribution in [0.15, 0.2) is 6.33 Å². The number of rotatable bonds is 4. The molecule has 0 bridgehead atoms. The normalized spacial score (nSPS) is 28.0. The number of carbonyl (C=O) groups excluding carboxylic acids is 1. The lowest BCUT2D eigenvalue weighted by molar-refractivity contribution is -0.208. The van der Waals surface area contributed by atoms with E-state index in [1.165, 1.54) is 6.33 Å². The zero-order valence-corrected chi connectivity index (χ0v) is 17.0. The first kappa shape index (κ1) is 20.1. The van der Waals surface area contributed by atoms with Gasteiger partial charge in [0.05, 0.1) is 18.1 Å². The van der Waals surface area contributed by atoms with Crippen LogP contribution < -0.4 is 0 Å². The lowest BCUT2D eigenvalue weighted by Gasteiger charge is -2.54. The fourth-order valence-electron chi connectivity index (χ4n) is 5.29. The van der Waals surface area contributed by atoms with Crippen molar-refractivity contribution in [2.45, 2.75) is 63.1 Å². The van der Waals surface area contributed by atoms with E-state index in [0.29, 0.717) is 6.54 Å². The Morgan fingerprint density at radius 1 is 1.17 bits per heavy atom. The monoisotopic (exact) mass is 427 g/mol. The lowest BCUT2D eigenvalue weighted by atomic mass is 9.68. The zero-order valence-electron chi connectivity index (χ0n) is 17.0. The number of likely N-dealkylation sites (tertiary alicyclic amines) is 2. The van der Waals surface area contributed by atoms with E-state index in [0.717, 1.165) is 57.6 Å². The van der Waals surface area contributed by atoms with E-state index in [2.05, 4.69) is 15.2 Å². The molecule has 2 saturated carbocycles. The SMILES string of the molecule is O=C(N1CC[C@H](c2ncn[nH]2)C1)N1CC2(CCC(OCC3(C(F)(F)F)CC3)CC2)C1. The Morgan fingerprint density at radius 3 is 2.50 bits per heavy atom. The van der Waals surface area contributed by atoms with Crippen LogP contribution in [0.1, 0.15) is 56.7 Å². The molecule has 1 N–H and O–H groups in total. The second kappa shape index (κ2) is 7.10. The molecule has 1 atom stereocenters. The standard InChI is InChI=1S/C20H28F3N5O2/c21-20(22,23)19(6-7-19)12-30-15-1-4-18(5-2-15)10-28(11-18)17(29)27-8-3-14(9-27)16-24-13-25-26-16/h13-15H,1-12H2,(H,24,25,26)/t14-/m0/s1. The van der Waals surface area contributed by atoms with Crippen molar-refractivity contribution in [2.24, 2.45) is 10.8 Å². The smallest absolute Gasteiger partial charge is 0.377 e. The molecule has 2 aliphatic heterocycles. The average molecular weight is 427 g/mol. The van der Waals surface area contributed by atoms with E-state index in [1.807, 2.05) is 9.80 Å². The number of ether oxygens (including phenoxy) is 1. The summed E-state index contributed by atoms with van der Waals surface area (Å²) in [6.45, 7) is 2.68. The molecular weight excluding hydrogens is 399 g/mol. The molecule has 10 heteroatoms. The molecule has 2 amide bonds. The molecule has 1 aromatic rings. The summed E-state index contributed by atoms with van der Waals surface area (Å²) < 4.78 is 44.9. The van der Waals surface area contributed by atoms with Crippen molar-refractivity contribution in [1.29, 1.82) is 0 Å². The molecule has 2 aliphatic carbocycles. The van der Waals surface area contributed by atoms with Crippen molar-refractivity contribution in [2.75, 3.05) is 32.8 Å². The van der Waals surface area contributed by atoms with E-state index in [-0.39, 0.29) is 42.9 Å². The van der Waals surface area contributed by atoms with Gasteiger partial charge in [-0.1, -0.05) is 0 Å². The highest BCUT2D eigenvalue weighted by atomic mass is 19.4. The van der Waals surface area contributed by atoms with Gasteiger partial charge in [0.25, 0.3) is 0 Å². The Balaban J connectivity index is 1.06. The molecule has 0 aromatic carbocycles. The molecular formula is C20H28F3N5O2. The van der Waals surface area contributed by atoms with Crippen molar-refractivity contribution >= 4 is 6.03 Å². The highest BCUT2D eigenvalue weighted by Gasteiger charge is 2.63. The molecule has 4 fully saturated rings. The summed E-state index contributed by atoms with van der Waals surface area (Å²) in [5, 5.41) is 6.78. The minimum absolute atomic E-state index is 0.0820. The van der Waals surface area contributed by atoms with Crippen molar-refractivity contribution < 1.29 is 22.7 Å². The van der Waals surface area contributed by atoms with E-state index in [9.17, 15) is 18.0 Å². The number of aromatic nitrogens is 3. The predicted octanol–water partition coefficient (Wildman–Crippen LogP) is 3.32. The van der Waals surface area contributed by atoms with Gasteiger partial charge in [-0.25, -0.2) is 9.78 Å². The summed E-state index contributed by atoms with van der Waals surface area (Å²) >= 11 is 0. The quantitative estimate of drug-likeness (QED) is 0.800. The number of amides is 2. The maximum Gasteiger partial charge on any atom is 0.396 e. The highest BCUT2D eigenvalue weighted by molar-refractivity contribution is 5.76. The first-order chi connectivity index (χ1) is 14.3. The number of H-pyrrole nitrogens is 1. The third-order valence-corrected chi connectivity index (χ3v) is 7.65. The first-order valence-corrected chi connectivity index (χ1v) is 10.9. The number of hydrogen-bond donors (Lipinski definition) is 1. The Morgan fingerprint density at radius 2 is 1.90 bits per heavy atom. The van der Waals surface area contributed by atoms with Gasteiger partial charge < -0.3 is 14.5 Å². The van der Waals surface area contributed by atoms with Gasteiger partial charge in [0, 0.05) is 37.5 Å². The number of nitrogens with zero attached hydrogens (tertiary/aromatic N) is 4. The van der Waals surface area contributed by atoms with Crippen LogP contribution in [0.5, 0.6) is 0 Å². The summed E-state index contributed by atoms with van der Waals surface area (Å²) in [5.41, 5.74) is -1.46. The number of alkyl halides is 3. The number of urea groups is 1. The maximum atomic E-state index is 13.1. The molecule has 166 valence electrons. The summed E-state index contributed by atoms with van der Waals surface area (Å²) in [5.74, 6) is 1.05. The predicted molar refractivity (Wildman–Crippen MR) is 101 cm³/mol. The Bertz CT molecular complexity index is 764. The number of halogens is 3. The minimum Gasteiger partial charge on any atom is -0.377 e. The fraction of sp³-hybridized carbons (Fsp3) is 0.850. The van der Waals surface area contributed by atoms with Gasteiger partial charge in [-0.2, -0.15) is 18.3 Å². The fourth-order valence-corrected chi connectivity index (χ4v) is 5.29. The summed E-state index contributed by atoms with van der Waals surface area (Å²) in [7, 11) is 0. The van der Waals surface area contributed by atoms with Gasteiger partial charge >= 0.3 is 12.2 Å². The van der Waals surface area contributed by atoms with E-state index in [1.54, 1.807) is 0 Å². The second-order valence-corrected chi connectivity index (χ2v) is 9.73. The third-order valence-electron chi connectivity index (χ3n) is 7.65. The molecule has 1 aromatic heterocycles. The van der Waals surface area contributed by atoms with Crippen molar-refractivity contribution in [3.63, 3.8) is 0 Å². The summed E-state index contributed by atoms with van der Waals surface area (Å²) in [4.78, 5) is 20.8. The second-order valence-electron chi connectivity index (χ2n) is 9.73. The van der Waals surface area contributed by atoms with Crippen molar-refractivity contribution in [3.05, 3.63) is 12.2 Å². The van der Waals surface area contributed by atoms with Crippen LogP contribution >= 0.6 is 0 Å². The Labute approximate surface area is 173 Å². The average Bonchev–Trinajstić information content (AvgIpc) is 3.09. The van der Waals surface area contributed by atoms with Gasteiger partial charge in [-0.15, -0.1) is 0 Å². The molecule has 3 heterocycles. The minimum atomic E-state index is -4.15. The summed E-state index contributed by atoms with van der Waals surface area (Å²) in [6.07, 6.45) is 1.94. The Kier molecular flexibility index (Phi) is 4.75. The maximum absolute atomic E-state index is 13.1. The topological polar surface area (TPSA) is 74.4 Å².